The second-order valence-corrected chi connectivity index (χ2v) is 9.43. The van der Waals surface area contributed by atoms with Crippen LogP contribution in [0.3, 0.4) is 0 Å². The van der Waals surface area contributed by atoms with Crippen LogP contribution in [0.5, 0.6) is 11.5 Å². The SMILES string of the molecule is OCC12COC(c3ccc(C4CC4)c(Cc4ccc5c(c4)OCCO5)c3)(CC(O)C1O)O2. The highest BCUT2D eigenvalue weighted by Gasteiger charge is 2.62. The first-order chi connectivity index (χ1) is 15.5. The number of benzene rings is 2. The Morgan fingerprint density at radius 1 is 0.969 bits per heavy atom. The third-order valence-electron chi connectivity index (χ3n) is 7.17. The summed E-state index contributed by atoms with van der Waals surface area (Å²) in [6, 6.07) is 12.3. The predicted molar refractivity (Wildman–Crippen MR) is 114 cm³/mol. The number of hydrogen-bond acceptors (Lipinski definition) is 7. The van der Waals surface area contributed by atoms with Crippen molar-refractivity contribution in [3.8, 4) is 11.5 Å². The second kappa shape index (κ2) is 7.43. The summed E-state index contributed by atoms with van der Waals surface area (Å²) in [5.41, 5.74) is 3.13. The predicted octanol–water partition coefficient (Wildman–Crippen LogP) is 1.98. The molecule has 0 radical (unpaired) electrons. The fraction of sp³-hybridized carbons (Fsp3) is 0.520. The van der Waals surface area contributed by atoms with Gasteiger partial charge in [-0.1, -0.05) is 18.2 Å². The van der Waals surface area contributed by atoms with Gasteiger partial charge in [-0.2, -0.15) is 0 Å². The largest absolute Gasteiger partial charge is 0.486 e. The number of hydrogen-bond donors (Lipinski definition) is 3. The summed E-state index contributed by atoms with van der Waals surface area (Å²) in [6.45, 7) is 0.732. The van der Waals surface area contributed by atoms with Gasteiger partial charge in [0.25, 0.3) is 0 Å². The Hall–Kier alpha value is -2.16. The molecule has 3 aliphatic heterocycles. The molecule has 170 valence electrons. The Balaban J connectivity index is 1.36. The first-order valence-corrected chi connectivity index (χ1v) is 11.3. The van der Waals surface area contributed by atoms with Gasteiger partial charge >= 0.3 is 0 Å². The van der Waals surface area contributed by atoms with Crippen molar-refractivity contribution in [3.05, 3.63) is 58.7 Å². The van der Waals surface area contributed by atoms with E-state index in [2.05, 4.69) is 18.2 Å². The van der Waals surface area contributed by atoms with E-state index >= 15 is 0 Å². The lowest BCUT2D eigenvalue weighted by molar-refractivity contribution is -0.281. The van der Waals surface area contributed by atoms with Crippen molar-refractivity contribution in [2.45, 2.75) is 55.2 Å². The molecule has 4 unspecified atom stereocenters. The summed E-state index contributed by atoms with van der Waals surface area (Å²) >= 11 is 0. The van der Waals surface area contributed by atoms with Crippen LogP contribution in [-0.4, -0.2) is 59.6 Å². The van der Waals surface area contributed by atoms with Crippen molar-refractivity contribution in [2.75, 3.05) is 26.4 Å². The number of aliphatic hydroxyl groups excluding tert-OH is 3. The Bertz CT molecular complexity index is 1030. The molecule has 32 heavy (non-hydrogen) atoms. The first-order valence-electron chi connectivity index (χ1n) is 11.3. The molecule has 1 saturated carbocycles. The van der Waals surface area contributed by atoms with Gasteiger partial charge in [-0.05, 0) is 60.1 Å². The van der Waals surface area contributed by atoms with Crippen molar-refractivity contribution < 1.29 is 34.3 Å². The summed E-state index contributed by atoms with van der Waals surface area (Å²) < 4.78 is 23.6. The molecule has 2 aromatic rings. The minimum atomic E-state index is -1.30. The van der Waals surface area contributed by atoms with Crippen LogP contribution in [0, 0.1) is 0 Å². The van der Waals surface area contributed by atoms with E-state index in [-0.39, 0.29) is 13.0 Å². The van der Waals surface area contributed by atoms with Crippen molar-refractivity contribution >= 4 is 0 Å². The first kappa shape index (κ1) is 20.4. The van der Waals surface area contributed by atoms with Crippen LogP contribution in [0.1, 0.15) is 47.4 Å². The monoisotopic (exact) mass is 440 g/mol. The highest BCUT2D eigenvalue weighted by atomic mass is 16.8. The van der Waals surface area contributed by atoms with Gasteiger partial charge in [-0.15, -0.1) is 0 Å². The van der Waals surface area contributed by atoms with Crippen LogP contribution >= 0.6 is 0 Å². The zero-order valence-corrected chi connectivity index (χ0v) is 17.8. The second-order valence-electron chi connectivity index (χ2n) is 9.43. The topological polar surface area (TPSA) is 97.6 Å². The van der Waals surface area contributed by atoms with Crippen molar-refractivity contribution in [1.29, 1.82) is 0 Å². The lowest BCUT2D eigenvalue weighted by Crippen LogP contribution is -2.59. The Labute approximate surface area is 186 Å². The average Bonchev–Trinajstić information content (AvgIpc) is 3.60. The highest BCUT2D eigenvalue weighted by molar-refractivity contribution is 5.47. The summed E-state index contributed by atoms with van der Waals surface area (Å²) in [6.07, 6.45) is 0.980. The van der Waals surface area contributed by atoms with E-state index in [1.807, 2.05) is 18.2 Å². The van der Waals surface area contributed by atoms with E-state index in [0.717, 1.165) is 29.0 Å². The maximum atomic E-state index is 10.5. The van der Waals surface area contributed by atoms with Crippen molar-refractivity contribution in [1.82, 2.24) is 0 Å². The van der Waals surface area contributed by atoms with Gasteiger partial charge in [0.05, 0.1) is 19.3 Å². The van der Waals surface area contributed by atoms with E-state index in [4.69, 9.17) is 18.9 Å². The molecule has 1 aliphatic carbocycles. The highest BCUT2D eigenvalue weighted by Crippen LogP contribution is 2.50. The lowest BCUT2D eigenvalue weighted by atomic mass is 9.85. The van der Waals surface area contributed by atoms with E-state index in [9.17, 15) is 15.3 Å². The van der Waals surface area contributed by atoms with Crippen molar-refractivity contribution in [3.63, 3.8) is 0 Å². The van der Waals surface area contributed by atoms with Gasteiger partial charge < -0.3 is 34.3 Å². The molecule has 0 spiro atoms. The maximum Gasteiger partial charge on any atom is 0.198 e. The number of rotatable bonds is 5. The molecule has 2 saturated heterocycles. The molecule has 7 nitrogen and oxygen atoms in total. The molecular formula is C25H28O7. The Kier molecular flexibility index (Phi) is 4.75. The van der Waals surface area contributed by atoms with Crippen LogP contribution in [0.4, 0.5) is 0 Å². The molecule has 0 amide bonds. The van der Waals surface area contributed by atoms with Crippen LogP contribution in [0.25, 0.3) is 0 Å². The summed E-state index contributed by atoms with van der Waals surface area (Å²) in [4.78, 5) is 0. The number of aliphatic hydroxyl groups is 3. The Morgan fingerprint density at radius 2 is 1.78 bits per heavy atom. The fourth-order valence-corrected chi connectivity index (χ4v) is 5.25. The fourth-order valence-electron chi connectivity index (χ4n) is 5.25. The standard InChI is InChI=1S/C25H28O7/c26-13-24-14-31-25(32-24,12-20(27)23(24)28)18-4-5-19(16-2-3-16)17(11-18)9-15-1-6-21-22(10-15)30-8-7-29-21/h1,4-6,10-11,16,20,23,26-28H,2-3,7-9,12-14H2. The van der Waals surface area contributed by atoms with Gasteiger partial charge in [-0.25, -0.2) is 0 Å². The van der Waals surface area contributed by atoms with E-state index in [0.29, 0.717) is 19.1 Å². The lowest BCUT2D eigenvalue weighted by Gasteiger charge is -2.43. The van der Waals surface area contributed by atoms with Crippen LogP contribution in [0.2, 0.25) is 0 Å². The molecule has 0 aromatic heterocycles. The molecule has 4 aliphatic rings. The zero-order valence-electron chi connectivity index (χ0n) is 17.8. The molecule has 7 heteroatoms. The number of ether oxygens (including phenoxy) is 4. The molecule has 3 heterocycles. The van der Waals surface area contributed by atoms with Gasteiger partial charge in [-0.3, -0.25) is 0 Å². The normalized spacial score (nSPS) is 33.3. The summed E-state index contributed by atoms with van der Waals surface area (Å²) in [7, 11) is 0. The van der Waals surface area contributed by atoms with E-state index in [1.54, 1.807) is 0 Å². The molecule has 2 aromatic carbocycles. The molecule has 3 N–H and O–H groups in total. The van der Waals surface area contributed by atoms with Gasteiger partial charge in [0.1, 0.15) is 24.9 Å². The number of fused-ring (bicyclic) bond motifs is 3. The minimum Gasteiger partial charge on any atom is -0.486 e. The van der Waals surface area contributed by atoms with Crippen LogP contribution in [0.15, 0.2) is 36.4 Å². The molecular weight excluding hydrogens is 412 g/mol. The smallest absolute Gasteiger partial charge is 0.198 e. The minimum absolute atomic E-state index is 0.0313. The van der Waals surface area contributed by atoms with Gasteiger partial charge in [0.15, 0.2) is 17.3 Å². The quantitative estimate of drug-likeness (QED) is 0.654. The van der Waals surface area contributed by atoms with Gasteiger partial charge in [0.2, 0.25) is 0 Å². The van der Waals surface area contributed by atoms with Crippen molar-refractivity contribution in [2.24, 2.45) is 0 Å². The summed E-state index contributed by atoms with van der Waals surface area (Å²) in [5, 5.41) is 30.8. The van der Waals surface area contributed by atoms with Crippen LogP contribution < -0.4 is 9.47 Å². The third-order valence-corrected chi connectivity index (χ3v) is 7.17. The van der Waals surface area contributed by atoms with E-state index in [1.165, 1.54) is 24.0 Å². The van der Waals surface area contributed by atoms with Gasteiger partial charge in [0, 0.05) is 12.0 Å². The maximum absolute atomic E-state index is 10.5. The molecule has 2 bridgehead atoms. The third kappa shape index (κ3) is 3.23. The van der Waals surface area contributed by atoms with E-state index < -0.39 is 30.2 Å². The zero-order chi connectivity index (χ0) is 21.9. The molecule has 6 rings (SSSR count). The van der Waals surface area contributed by atoms with Crippen LogP contribution in [-0.2, 0) is 21.7 Å². The molecule has 3 fully saturated rings. The summed E-state index contributed by atoms with van der Waals surface area (Å²) in [5.74, 6) is 0.939. The average molecular weight is 440 g/mol. The molecule has 4 atom stereocenters. The Morgan fingerprint density at radius 3 is 2.56 bits per heavy atom.